The van der Waals surface area contributed by atoms with Gasteiger partial charge in [0.05, 0.1) is 5.56 Å². The lowest BCUT2D eigenvalue weighted by atomic mass is 10.1. The van der Waals surface area contributed by atoms with Gasteiger partial charge in [0.25, 0.3) is 10.0 Å². The number of fused-ring (bicyclic) bond motifs is 1. The van der Waals surface area contributed by atoms with Crippen molar-refractivity contribution in [2.75, 3.05) is 24.5 Å². The Balaban J connectivity index is 1.64. The molecular weight excluding hydrogens is 469 g/mol. The fraction of sp³-hybridized carbons (Fsp3) is 0.333. The summed E-state index contributed by atoms with van der Waals surface area (Å²) in [4.78, 5) is 1.61. The largest absolute Gasteiger partial charge is 0.418 e. The number of sulfonamides is 1. The van der Waals surface area contributed by atoms with Crippen LogP contribution in [0.15, 0.2) is 46.7 Å². The number of piperazine rings is 1. The Kier molecular flexibility index (Phi) is 5.74. The van der Waals surface area contributed by atoms with E-state index in [-0.39, 0.29) is 29.5 Å². The van der Waals surface area contributed by atoms with E-state index in [9.17, 15) is 21.6 Å². The molecule has 0 bridgehead atoms. The fourth-order valence-corrected chi connectivity index (χ4v) is 7.67. The molecule has 1 aliphatic rings. The number of hydrogen-bond acceptors (Lipinski definition) is 4. The second-order valence-corrected chi connectivity index (χ2v) is 11.2. The Hall–Kier alpha value is -1.81. The summed E-state index contributed by atoms with van der Waals surface area (Å²) in [6.45, 7) is 3.92. The number of thiophene rings is 1. The summed E-state index contributed by atoms with van der Waals surface area (Å²) in [5.74, 6) is 0. The van der Waals surface area contributed by atoms with Gasteiger partial charge in [0.1, 0.15) is 4.21 Å². The Morgan fingerprint density at radius 3 is 2.52 bits per heavy atom. The van der Waals surface area contributed by atoms with Crippen LogP contribution in [0.4, 0.5) is 18.9 Å². The summed E-state index contributed by atoms with van der Waals surface area (Å²) in [6.07, 6.45) is -4.47. The molecule has 1 aliphatic heterocycles. The van der Waals surface area contributed by atoms with Crippen molar-refractivity contribution in [3.63, 3.8) is 0 Å². The molecule has 1 aromatic heterocycles. The molecule has 10 heteroatoms. The van der Waals surface area contributed by atoms with Gasteiger partial charge in [0, 0.05) is 41.1 Å². The van der Waals surface area contributed by atoms with Gasteiger partial charge < -0.3 is 4.90 Å². The number of hydrogen-bond donors (Lipinski definition) is 0. The number of alkyl halides is 3. The van der Waals surface area contributed by atoms with Crippen LogP contribution in [0.5, 0.6) is 0 Å². The van der Waals surface area contributed by atoms with Crippen LogP contribution in [0.2, 0.25) is 5.02 Å². The predicted molar refractivity (Wildman–Crippen MR) is 119 cm³/mol. The summed E-state index contributed by atoms with van der Waals surface area (Å²) in [5.41, 5.74) is 0.00173. The molecule has 0 radical (unpaired) electrons. The van der Waals surface area contributed by atoms with Crippen LogP contribution in [0.25, 0.3) is 10.1 Å². The third-order valence-corrected chi connectivity index (χ3v) is 9.63. The summed E-state index contributed by atoms with van der Waals surface area (Å²) in [5, 5.41) is 1.32. The molecule has 0 amide bonds. The van der Waals surface area contributed by atoms with Crippen LogP contribution in [-0.2, 0) is 16.2 Å². The lowest BCUT2D eigenvalue weighted by Gasteiger charge is -2.40. The standard InChI is InChI=1S/C21H20ClF3N2O2S2/c1-13-12-26(18-6-4-3-5-17(18)21(23,24)25)9-10-27(13)31(28,29)20-14(2)16-11-15(22)7-8-19(16)30-20/h3-8,11,13H,9-10,12H2,1-2H3/t13-/m1/s1. The molecule has 2 heterocycles. The molecule has 3 aromatic rings. The smallest absolute Gasteiger partial charge is 0.368 e. The van der Waals surface area contributed by atoms with Gasteiger partial charge in [-0.2, -0.15) is 17.5 Å². The van der Waals surface area contributed by atoms with Gasteiger partial charge in [-0.15, -0.1) is 11.3 Å². The number of aryl methyl sites for hydroxylation is 1. The normalized spacial score (nSPS) is 18.6. The van der Waals surface area contributed by atoms with Crippen molar-refractivity contribution < 1.29 is 21.6 Å². The van der Waals surface area contributed by atoms with E-state index in [4.69, 9.17) is 11.6 Å². The van der Waals surface area contributed by atoms with Gasteiger partial charge in [-0.3, -0.25) is 0 Å². The predicted octanol–water partition coefficient (Wildman–Crippen LogP) is 5.78. The van der Waals surface area contributed by atoms with E-state index in [1.807, 2.05) is 0 Å². The maximum Gasteiger partial charge on any atom is 0.418 e. The van der Waals surface area contributed by atoms with Crippen LogP contribution in [0.1, 0.15) is 18.1 Å². The molecule has 0 unspecified atom stereocenters. The SMILES string of the molecule is Cc1c(S(=O)(=O)N2CCN(c3ccccc3C(F)(F)F)C[C@H]2C)sc2ccc(Cl)cc12. The average molecular weight is 489 g/mol. The van der Waals surface area contributed by atoms with Crippen LogP contribution in [-0.4, -0.2) is 38.4 Å². The minimum atomic E-state index is -4.47. The molecule has 1 saturated heterocycles. The molecule has 0 saturated carbocycles. The highest BCUT2D eigenvalue weighted by Crippen LogP contribution is 2.40. The molecule has 0 N–H and O–H groups in total. The van der Waals surface area contributed by atoms with Crippen molar-refractivity contribution in [3.05, 3.63) is 58.6 Å². The zero-order valence-corrected chi connectivity index (χ0v) is 19.2. The molecule has 2 aromatic carbocycles. The molecular formula is C21H20ClF3N2O2S2. The van der Waals surface area contributed by atoms with E-state index in [2.05, 4.69) is 0 Å². The summed E-state index contributed by atoms with van der Waals surface area (Å²) >= 11 is 7.25. The summed E-state index contributed by atoms with van der Waals surface area (Å²) in [7, 11) is -3.80. The molecule has 1 fully saturated rings. The Morgan fingerprint density at radius 1 is 1.13 bits per heavy atom. The van der Waals surface area contributed by atoms with Gasteiger partial charge in [-0.1, -0.05) is 23.7 Å². The Bertz CT molecular complexity index is 1240. The molecule has 166 valence electrons. The number of rotatable bonds is 3. The number of benzene rings is 2. The van der Waals surface area contributed by atoms with Crippen molar-refractivity contribution in [1.29, 1.82) is 0 Å². The lowest BCUT2D eigenvalue weighted by Crippen LogP contribution is -2.54. The first-order valence-electron chi connectivity index (χ1n) is 9.62. The second-order valence-electron chi connectivity index (χ2n) is 7.58. The summed E-state index contributed by atoms with van der Waals surface area (Å²) in [6, 6.07) is 10.2. The van der Waals surface area contributed by atoms with E-state index >= 15 is 0 Å². The van der Waals surface area contributed by atoms with Gasteiger partial charge in [0.15, 0.2) is 0 Å². The fourth-order valence-electron chi connectivity index (χ4n) is 4.03. The van der Waals surface area contributed by atoms with E-state index in [0.29, 0.717) is 10.6 Å². The third kappa shape index (κ3) is 4.04. The first-order chi connectivity index (χ1) is 14.5. The van der Waals surface area contributed by atoms with Gasteiger partial charge in [-0.05, 0) is 55.1 Å². The minimum absolute atomic E-state index is 0.0755. The highest BCUT2D eigenvalue weighted by molar-refractivity contribution is 7.91. The number of nitrogens with zero attached hydrogens (tertiary/aromatic N) is 2. The van der Waals surface area contributed by atoms with E-state index in [1.54, 1.807) is 43.0 Å². The van der Waals surface area contributed by atoms with Crippen molar-refractivity contribution in [2.24, 2.45) is 0 Å². The maximum absolute atomic E-state index is 13.4. The third-order valence-electron chi connectivity index (χ3n) is 5.51. The first kappa shape index (κ1) is 22.4. The molecule has 4 nitrogen and oxygen atoms in total. The van der Waals surface area contributed by atoms with Crippen molar-refractivity contribution in [3.8, 4) is 0 Å². The van der Waals surface area contributed by atoms with E-state index < -0.39 is 27.8 Å². The quantitative estimate of drug-likeness (QED) is 0.469. The lowest BCUT2D eigenvalue weighted by molar-refractivity contribution is -0.137. The van der Waals surface area contributed by atoms with Crippen molar-refractivity contribution in [2.45, 2.75) is 30.3 Å². The van der Waals surface area contributed by atoms with E-state index in [1.165, 1.54) is 27.8 Å². The topological polar surface area (TPSA) is 40.6 Å². The van der Waals surface area contributed by atoms with Gasteiger partial charge >= 0.3 is 6.18 Å². The highest BCUT2D eigenvalue weighted by atomic mass is 35.5. The molecule has 1 atom stereocenters. The molecule has 0 aliphatic carbocycles. The average Bonchev–Trinajstić information content (AvgIpc) is 3.04. The Labute approximate surface area is 187 Å². The van der Waals surface area contributed by atoms with E-state index in [0.717, 1.165) is 16.2 Å². The maximum atomic E-state index is 13.4. The number of anilines is 1. The summed E-state index contributed by atoms with van der Waals surface area (Å²) < 4.78 is 69.6. The monoisotopic (exact) mass is 488 g/mol. The van der Waals surface area contributed by atoms with Crippen molar-refractivity contribution in [1.82, 2.24) is 4.31 Å². The molecule has 0 spiro atoms. The van der Waals surface area contributed by atoms with Crippen LogP contribution in [0, 0.1) is 6.92 Å². The number of halogens is 4. The second kappa shape index (κ2) is 7.95. The Morgan fingerprint density at radius 2 is 1.84 bits per heavy atom. The molecule has 4 rings (SSSR count). The molecule has 31 heavy (non-hydrogen) atoms. The first-order valence-corrected chi connectivity index (χ1v) is 12.3. The van der Waals surface area contributed by atoms with Crippen LogP contribution < -0.4 is 4.90 Å². The zero-order chi connectivity index (χ0) is 22.6. The van der Waals surface area contributed by atoms with Gasteiger partial charge in [-0.25, -0.2) is 8.42 Å². The number of para-hydroxylation sites is 1. The van der Waals surface area contributed by atoms with Crippen LogP contribution >= 0.6 is 22.9 Å². The zero-order valence-electron chi connectivity index (χ0n) is 16.8. The highest BCUT2D eigenvalue weighted by Gasteiger charge is 2.39. The van der Waals surface area contributed by atoms with Gasteiger partial charge in [0.2, 0.25) is 0 Å². The van der Waals surface area contributed by atoms with Crippen LogP contribution in [0.3, 0.4) is 0 Å². The minimum Gasteiger partial charge on any atom is -0.368 e. The van der Waals surface area contributed by atoms with Crippen molar-refractivity contribution >= 4 is 48.7 Å².